The van der Waals surface area contributed by atoms with E-state index in [-0.39, 0.29) is 5.56 Å². The minimum absolute atomic E-state index is 0.260. The van der Waals surface area contributed by atoms with Crippen LogP contribution in [0.5, 0.6) is 0 Å². The molecule has 0 saturated heterocycles. The van der Waals surface area contributed by atoms with Gasteiger partial charge in [0.25, 0.3) is 0 Å². The van der Waals surface area contributed by atoms with Gasteiger partial charge in [-0.3, -0.25) is 14.3 Å². The first-order valence-corrected chi connectivity index (χ1v) is 11.7. The van der Waals surface area contributed by atoms with E-state index in [1.165, 1.54) is 50.5 Å². The number of benzene rings is 2. The summed E-state index contributed by atoms with van der Waals surface area (Å²) in [6.07, 6.45) is 10.7. The van der Waals surface area contributed by atoms with Crippen LogP contribution in [0.2, 0.25) is 0 Å². The number of aromatic nitrogens is 2. The molecular formula is C28H27BN2O. The number of hydrogen-bond donors (Lipinski definition) is 0. The van der Waals surface area contributed by atoms with Gasteiger partial charge in [0.05, 0.1) is 16.4 Å². The molecule has 0 bridgehead atoms. The molecule has 1 saturated carbocycles. The molecule has 1 fully saturated rings. The first kappa shape index (κ1) is 20.8. The average molecular weight is 418 g/mol. The van der Waals surface area contributed by atoms with E-state index in [0.717, 1.165) is 27.7 Å². The van der Waals surface area contributed by atoms with E-state index in [4.69, 9.17) is 7.85 Å². The summed E-state index contributed by atoms with van der Waals surface area (Å²) in [6, 6.07) is 19.8. The smallest absolute Gasteiger partial charge is 0.269 e. The van der Waals surface area contributed by atoms with E-state index in [2.05, 4.69) is 42.2 Å². The van der Waals surface area contributed by atoms with Crippen molar-refractivity contribution >= 4 is 35.1 Å². The minimum Gasteiger partial charge on any atom is -0.269 e. The Kier molecular flexibility index (Phi) is 5.74. The zero-order chi connectivity index (χ0) is 22.1. The monoisotopic (exact) mass is 418 g/mol. The van der Waals surface area contributed by atoms with Crippen LogP contribution in [0, 0.1) is 18.1 Å². The van der Waals surface area contributed by atoms with E-state index < -0.39 is 0 Å². The van der Waals surface area contributed by atoms with E-state index >= 15 is 0 Å². The van der Waals surface area contributed by atoms with Gasteiger partial charge in [0, 0.05) is 23.3 Å². The summed E-state index contributed by atoms with van der Waals surface area (Å²) in [5.74, 6) is 1.37. The van der Waals surface area contributed by atoms with Crippen molar-refractivity contribution in [3.05, 3.63) is 76.7 Å². The van der Waals surface area contributed by atoms with Crippen molar-refractivity contribution in [2.24, 2.45) is 5.92 Å². The van der Waals surface area contributed by atoms with Gasteiger partial charge >= 0.3 is 5.56 Å². The van der Waals surface area contributed by atoms with Crippen molar-refractivity contribution in [3.8, 4) is 5.69 Å². The van der Waals surface area contributed by atoms with E-state index in [1.54, 1.807) is 10.8 Å². The molecule has 0 aliphatic heterocycles. The zero-order valence-electron chi connectivity index (χ0n) is 18.6. The fourth-order valence-electron chi connectivity index (χ4n) is 5.20. The van der Waals surface area contributed by atoms with Crippen LogP contribution in [0.1, 0.15) is 63.4 Å². The number of fused-ring (bicyclic) bond motifs is 3. The lowest BCUT2D eigenvalue weighted by Gasteiger charge is -2.18. The molecule has 0 amide bonds. The molecule has 0 N–H and O–H groups in total. The number of hydrogen-bond acceptors (Lipinski definition) is 2. The fourth-order valence-corrected chi connectivity index (χ4v) is 5.20. The fraction of sp³-hybridized carbons (Fsp3) is 0.357. The minimum atomic E-state index is -0.260. The van der Waals surface area contributed by atoms with Crippen LogP contribution in [0.25, 0.3) is 27.5 Å². The predicted molar refractivity (Wildman–Crippen MR) is 132 cm³/mol. The molecule has 5 rings (SSSR count). The number of para-hydroxylation sites is 1. The number of nitrogens with zero attached hydrogens (tertiary/aromatic N) is 2. The molecule has 2 atom stereocenters. The Balaban J connectivity index is 1.70. The van der Waals surface area contributed by atoms with Crippen molar-refractivity contribution in [3.63, 3.8) is 0 Å². The second kappa shape index (κ2) is 8.83. The maximum absolute atomic E-state index is 13.0. The van der Waals surface area contributed by atoms with Gasteiger partial charge in [-0.2, -0.15) is 0 Å². The van der Waals surface area contributed by atoms with Gasteiger partial charge in [-0.05, 0) is 48.4 Å². The Morgan fingerprint density at radius 2 is 1.78 bits per heavy atom. The van der Waals surface area contributed by atoms with Crippen LogP contribution in [0.15, 0.2) is 53.5 Å². The molecular weight excluding hydrogens is 391 g/mol. The standard InChI is InChI=1S/C28H27BN2O/c1-19-7-2-3-9-20(10-6-8-19)21-13-15-25-23(17-21)28-22(18-30-25)14-16-27(32)31(28)26-12-5-4-11-24(26)29/h4-5,11-13,15,17-20H,2-3,6-10H2,1H3. The molecule has 3 nitrogen and oxygen atoms in total. The maximum Gasteiger partial charge on any atom is 0.307 e. The van der Waals surface area contributed by atoms with Gasteiger partial charge in [0.15, 0.2) is 0 Å². The second-order valence-corrected chi connectivity index (χ2v) is 9.26. The van der Waals surface area contributed by atoms with Crippen molar-refractivity contribution in [2.75, 3.05) is 0 Å². The molecule has 1 aliphatic carbocycles. The topological polar surface area (TPSA) is 34.9 Å². The lowest BCUT2D eigenvalue weighted by Crippen LogP contribution is -2.23. The third-order valence-electron chi connectivity index (χ3n) is 6.99. The molecule has 2 unspecified atom stereocenters. The third kappa shape index (κ3) is 3.93. The quantitative estimate of drug-likeness (QED) is 0.409. The van der Waals surface area contributed by atoms with Crippen LogP contribution in [-0.2, 0) is 0 Å². The lowest BCUT2D eigenvalue weighted by molar-refractivity contribution is 0.462. The summed E-state index contributed by atoms with van der Waals surface area (Å²) in [5, 5.41) is 1.74. The van der Waals surface area contributed by atoms with Gasteiger partial charge < -0.3 is 0 Å². The number of rotatable bonds is 2. The molecule has 4 heteroatoms. The molecule has 0 spiro atoms. The largest absolute Gasteiger partial charge is 0.307 e. The molecule has 4 aromatic rings. The Labute approximate surface area is 190 Å². The first-order chi connectivity index (χ1) is 15.6. The Hall–Kier alpha value is -3.06. The van der Waals surface area contributed by atoms with Gasteiger partial charge in [0.1, 0.15) is 7.85 Å². The van der Waals surface area contributed by atoms with Crippen molar-refractivity contribution in [1.29, 1.82) is 0 Å². The Morgan fingerprint density at radius 3 is 2.66 bits per heavy atom. The highest BCUT2D eigenvalue weighted by molar-refractivity contribution is 6.34. The van der Waals surface area contributed by atoms with Crippen molar-refractivity contribution in [1.82, 2.24) is 9.55 Å². The summed E-state index contributed by atoms with van der Waals surface area (Å²) in [6.45, 7) is 2.39. The Bertz CT molecular complexity index is 1330. The Morgan fingerprint density at radius 1 is 1.00 bits per heavy atom. The summed E-state index contributed by atoms with van der Waals surface area (Å²) in [5.41, 5.74) is 3.98. The van der Waals surface area contributed by atoms with E-state index in [9.17, 15) is 4.79 Å². The molecule has 2 aromatic heterocycles. The van der Waals surface area contributed by atoms with Crippen LogP contribution in [0.4, 0.5) is 0 Å². The predicted octanol–water partition coefficient (Wildman–Crippen LogP) is 5.40. The SMILES string of the molecule is [B]c1ccccc1-n1c(=O)c#cc2cnc3ccc(C4CCCCC(C)CCC4)cc3c21. The zero-order valence-corrected chi connectivity index (χ0v) is 18.6. The van der Waals surface area contributed by atoms with Crippen LogP contribution < -0.4 is 11.0 Å². The highest BCUT2D eigenvalue weighted by Gasteiger charge is 2.17. The normalized spacial score (nSPS) is 19.8. The second-order valence-electron chi connectivity index (χ2n) is 9.26. The first-order valence-electron chi connectivity index (χ1n) is 11.7. The van der Waals surface area contributed by atoms with E-state index in [1.807, 2.05) is 24.3 Å². The third-order valence-corrected chi connectivity index (χ3v) is 6.99. The van der Waals surface area contributed by atoms with Crippen molar-refractivity contribution in [2.45, 2.75) is 57.8 Å². The summed E-state index contributed by atoms with van der Waals surface area (Å²) >= 11 is 0. The van der Waals surface area contributed by atoms with Gasteiger partial charge in [-0.25, -0.2) is 0 Å². The highest BCUT2D eigenvalue weighted by atomic mass is 16.1. The summed E-state index contributed by atoms with van der Waals surface area (Å²) < 4.78 is 1.67. The van der Waals surface area contributed by atoms with Gasteiger partial charge in [-0.15, -0.1) is 0 Å². The average Bonchev–Trinajstić information content (AvgIpc) is 2.91. The molecule has 32 heavy (non-hydrogen) atoms. The van der Waals surface area contributed by atoms with Crippen LogP contribution in [-0.4, -0.2) is 17.4 Å². The summed E-state index contributed by atoms with van der Waals surface area (Å²) in [4.78, 5) is 17.6. The van der Waals surface area contributed by atoms with Crippen LogP contribution in [0.3, 0.4) is 0 Å². The van der Waals surface area contributed by atoms with Crippen LogP contribution >= 0.6 is 0 Å². The number of pyridine rings is 1. The van der Waals surface area contributed by atoms with E-state index in [0.29, 0.717) is 17.1 Å². The highest BCUT2D eigenvalue weighted by Crippen LogP contribution is 2.34. The molecule has 1 aliphatic rings. The van der Waals surface area contributed by atoms with Crippen molar-refractivity contribution < 1.29 is 0 Å². The van der Waals surface area contributed by atoms with Gasteiger partial charge in [0.2, 0.25) is 0 Å². The lowest BCUT2D eigenvalue weighted by atomic mass is 9.88. The van der Waals surface area contributed by atoms with Gasteiger partial charge in [-0.1, -0.05) is 74.8 Å². The summed E-state index contributed by atoms with van der Waals surface area (Å²) in [7, 11) is 6.26. The molecule has 158 valence electrons. The molecule has 2 heterocycles. The molecule has 2 radical (unpaired) electrons. The molecule has 2 aromatic carbocycles. The maximum atomic E-state index is 13.0.